The molecule has 142 valence electrons. The Labute approximate surface area is 143 Å². The Kier molecular flexibility index (Phi) is 5.50. The number of carboxylic acid groups (broad SMARTS) is 1. The van der Waals surface area contributed by atoms with Crippen LogP contribution in [-0.4, -0.2) is 28.2 Å². The van der Waals surface area contributed by atoms with Crippen LogP contribution in [0.4, 0.5) is 30.7 Å². The fourth-order valence-electron chi connectivity index (χ4n) is 2.10. The molecule has 0 aliphatic heterocycles. The summed E-state index contributed by atoms with van der Waals surface area (Å²) < 4.78 is 92.0. The first kappa shape index (κ1) is 21.6. The minimum Gasteiger partial charge on any atom is -0.478 e. The zero-order valence-corrected chi connectivity index (χ0v) is 14.4. The zero-order valence-electron chi connectivity index (χ0n) is 13.6. The van der Waals surface area contributed by atoms with Gasteiger partial charge >= 0.3 is 24.0 Å². The molecular formula is C15H15F7O2S. The minimum atomic E-state index is -6.27. The van der Waals surface area contributed by atoms with Gasteiger partial charge in [-0.3, -0.25) is 0 Å². The maximum absolute atomic E-state index is 14.5. The fraction of sp³-hybridized carbons (Fsp3) is 0.533. The molecule has 1 aromatic carbocycles. The van der Waals surface area contributed by atoms with E-state index in [0.29, 0.717) is 17.8 Å². The van der Waals surface area contributed by atoms with E-state index in [2.05, 4.69) is 0 Å². The summed E-state index contributed by atoms with van der Waals surface area (Å²) in [6.07, 6.45) is -12.5. The van der Waals surface area contributed by atoms with E-state index >= 15 is 0 Å². The third kappa shape index (κ3) is 4.04. The van der Waals surface area contributed by atoms with Gasteiger partial charge in [-0.1, -0.05) is 26.8 Å². The smallest absolute Gasteiger partial charge is 0.435 e. The molecule has 0 spiro atoms. The van der Waals surface area contributed by atoms with Gasteiger partial charge in [0, 0.05) is 15.2 Å². The highest BCUT2D eigenvalue weighted by Crippen LogP contribution is 2.56. The summed E-state index contributed by atoms with van der Waals surface area (Å²) in [5, 5.41) is 9.05. The van der Waals surface area contributed by atoms with Gasteiger partial charge in [-0.05, 0) is 18.6 Å². The molecule has 10 heteroatoms. The molecule has 0 fully saturated rings. The summed E-state index contributed by atoms with van der Waals surface area (Å²) in [4.78, 5) is 10.5. The van der Waals surface area contributed by atoms with Gasteiger partial charge in [-0.15, -0.1) is 11.8 Å². The van der Waals surface area contributed by atoms with Crippen molar-refractivity contribution < 1.29 is 40.6 Å². The lowest BCUT2D eigenvalue weighted by molar-refractivity contribution is -0.349. The topological polar surface area (TPSA) is 37.3 Å². The third-order valence-electron chi connectivity index (χ3n) is 3.20. The minimum absolute atomic E-state index is 0.242. The Morgan fingerprint density at radius 2 is 1.40 bits per heavy atom. The number of benzene rings is 1. The maximum atomic E-state index is 14.5. The Morgan fingerprint density at radius 3 is 1.72 bits per heavy atom. The van der Waals surface area contributed by atoms with Crippen LogP contribution < -0.4 is 0 Å². The second-order valence-electron chi connectivity index (χ2n) is 6.29. The number of hydrogen-bond acceptors (Lipinski definition) is 2. The van der Waals surface area contributed by atoms with Crippen molar-refractivity contribution in [3.05, 3.63) is 28.8 Å². The van der Waals surface area contributed by atoms with Crippen molar-refractivity contribution in [2.45, 2.75) is 55.4 Å². The van der Waals surface area contributed by atoms with Crippen molar-refractivity contribution in [2.75, 3.05) is 0 Å². The molecule has 0 saturated heterocycles. The number of carboxylic acids is 1. The normalized spacial score (nSPS) is 13.9. The molecule has 1 N–H and O–H groups in total. The predicted molar refractivity (Wildman–Crippen MR) is 78.6 cm³/mol. The van der Waals surface area contributed by atoms with Crippen molar-refractivity contribution in [3.63, 3.8) is 0 Å². The molecule has 0 heterocycles. The molecule has 0 atom stereocenters. The van der Waals surface area contributed by atoms with E-state index < -0.39 is 44.8 Å². The van der Waals surface area contributed by atoms with Crippen LogP contribution in [-0.2, 0) is 5.67 Å². The first-order chi connectivity index (χ1) is 10.9. The second kappa shape index (κ2) is 6.37. The monoisotopic (exact) mass is 392 g/mol. The van der Waals surface area contributed by atoms with E-state index in [-0.39, 0.29) is 11.6 Å². The molecule has 1 aromatic rings. The van der Waals surface area contributed by atoms with Crippen LogP contribution in [0, 0.1) is 6.92 Å². The summed E-state index contributed by atoms with van der Waals surface area (Å²) in [5.41, 5.74) is -8.13. The lowest BCUT2D eigenvalue weighted by atomic mass is 9.91. The number of hydrogen-bond donors (Lipinski definition) is 1. The van der Waals surface area contributed by atoms with Crippen LogP contribution in [0.25, 0.3) is 0 Å². The van der Waals surface area contributed by atoms with E-state index in [4.69, 9.17) is 5.11 Å². The van der Waals surface area contributed by atoms with Crippen molar-refractivity contribution in [2.24, 2.45) is 0 Å². The van der Waals surface area contributed by atoms with Crippen LogP contribution in [0.2, 0.25) is 0 Å². The van der Waals surface area contributed by atoms with Crippen LogP contribution in [0.3, 0.4) is 0 Å². The highest BCUT2D eigenvalue weighted by atomic mass is 32.2. The average Bonchev–Trinajstić information content (AvgIpc) is 2.35. The van der Waals surface area contributed by atoms with Crippen molar-refractivity contribution in [1.82, 2.24) is 0 Å². The summed E-state index contributed by atoms with van der Waals surface area (Å²) in [7, 11) is 0. The summed E-state index contributed by atoms with van der Waals surface area (Å²) in [6, 6.07) is 0.789. The second-order valence-corrected chi connectivity index (χ2v) is 8.13. The van der Waals surface area contributed by atoms with Gasteiger partial charge < -0.3 is 5.11 Å². The molecule has 0 aromatic heterocycles. The molecule has 2 nitrogen and oxygen atoms in total. The third-order valence-corrected chi connectivity index (χ3v) is 4.54. The van der Waals surface area contributed by atoms with E-state index in [1.807, 2.05) is 0 Å². The lowest BCUT2D eigenvalue weighted by Crippen LogP contribution is -2.50. The Balaban J connectivity index is 3.91. The largest absolute Gasteiger partial charge is 0.478 e. The first-order valence-corrected chi connectivity index (χ1v) is 7.64. The predicted octanol–water partition coefficient (Wildman–Crippen LogP) is 5.87. The van der Waals surface area contributed by atoms with Crippen LogP contribution in [0.1, 0.15) is 42.3 Å². The molecule has 0 unspecified atom stereocenters. The number of thioether (sulfide) groups is 1. The van der Waals surface area contributed by atoms with E-state index in [1.165, 1.54) is 20.8 Å². The molecule has 25 heavy (non-hydrogen) atoms. The highest BCUT2D eigenvalue weighted by Gasteiger charge is 2.74. The first-order valence-electron chi connectivity index (χ1n) is 6.82. The van der Waals surface area contributed by atoms with E-state index in [9.17, 15) is 35.5 Å². The van der Waals surface area contributed by atoms with Crippen LogP contribution in [0.5, 0.6) is 0 Å². The quantitative estimate of drug-likeness (QED) is 0.516. The number of rotatable bonds is 3. The molecule has 0 aliphatic carbocycles. The zero-order chi connectivity index (χ0) is 20.0. The molecule has 0 aliphatic rings. The van der Waals surface area contributed by atoms with Crippen LogP contribution >= 0.6 is 11.8 Å². The fourth-order valence-corrected chi connectivity index (χ4v) is 3.29. The molecule has 0 amide bonds. The Bertz CT molecular complexity index is 658. The van der Waals surface area contributed by atoms with Crippen LogP contribution in [0.15, 0.2) is 17.0 Å². The Hall–Kier alpha value is -1.45. The molecule has 0 radical (unpaired) electrons. The molecule has 0 saturated carbocycles. The van der Waals surface area contributed by atoms with Gasteiger partial charge in [0.25, 0.3) is 0 Å². The van der Waals surface area contributed by atoms with Gasteiger partial charge in [0.15, 0.2) is 0 Å². The van der Waals surface area contributed by atoms with Gasteiger partial charge in [0.05, 0.1) is 5.56 Å². The van der Waals surface area contributed by atoms with Gasteiger partial charge in [-0.25, -0.2) is 9.18 Å². The average molecular weight is 392 g/mol. The SMILES string of the molecule is Cc1c(C(=O)O)ccc(C(F)(C(F)(F)F)C(F)(F)F)c1SC(C)(C)C. The van der Waals surface area contributed by atoms with Crippen molar-refractivity contribution in [1.29, 1.82) is 0 Å². The standard InChI is InChI=1S/C15H15F7O2S/c1-7-8(11(23)24)5-6-9(10(7)25-12(2,3)4)13(16,14(17,18)19)15(20,21)22/h5-6H,1-4H3,(H,23,24). The lowest BCUT2D eigenvalue weighted by Gasteiger charge is -2.33. The van der Waals surface area contributed by atoms with E-state index in [1.54, 1.807) is 0 Å². The van der Waals surface area contributed by atoms with Gasteiger partial charge in [-0.2, -0.15) is 26.3 Å². The number of alkyl halides is 7. The van der Waals surface area contributed by atoms with Crippen molar-refractivity contribution >= 4 is 17.7 Å². The maximum Gasteiger partial charge on any atom is 0.435 e. The number of halogens is 7. The summed E-state index contributed by atoms with van der Waals surface area (Å²) in [5.74, 6) is -1.54. The van der Waals surface area contributed by atoms with Gasteiger partial charge in [0.2, 0.25) is 0 Å². The summed E-state index contributed by atoms with van der Waals surface area (Å²) >= 11 is 0.541. The van der Waals surface area contributed by atoms with E-state index in [0.717, 1.165) is 6.92 Å². The van der Waals surface area contributed by atoms with Crippen molar-refractivity contribution in [3.8, 4) is 0 Å². The number of aromatic carboxylic acids is 1. The Morgan fingerprint density at radius 1 is 0.960 bits per heavy atom. The number of carbonyl (C=O) groups is 1. The molecule has 0 bridgehead atoms. The van der Waals surface area contributed by atoms with Gasteiger partial charge in [0.1, 0.15) is 0 Å². The molecule has 1 rings (SSSR count). The summed E-state index contributed by atoms with van der Waals surface area (Å²) in [6.45, 7) is 5.54. The molecular weight excluding hydrogens is 377 g/mol. The highest BCUT2D eigenvalue weighted by molar-refractivity contribution is 8.00.